The number of methoxy groups -OCH3 is 3. The summed E-state index contributed by atoms with van der Waals surface area (Å²) in [7, 11) is 4.69. The molecule has 28 heavy (non-hydrogen) atoms. The zero-order valence-corrected chi connectivity index (χ0v) is 17.1. The van der Waals surface area contributed by atoms with Crippen molar-refractivity contribution in [2.45, 2.75) is 11.0 Å². The first kappa shape index (κ1) is 18.6. The zero-order chi connectivity index (χ0) is 19.5. The van der Waals surface area contributed by atoms with E-state index in [9.17, 15) is 0 Å². The summed E-state index contributed by atoms with van der Waals surface area (Å²) in [5.41, 5.74) is 1.69. The highest BCUT2D eigenvalue weighted by Crippen LogP contribution is 2.41. The number of ether oxygens (including phenoxy) is 3. The fraction of sp³-hybridized carbons (Fsp3) is 0.211. The van der Waals surface area contributed by atoms with Crippen molar-refractivity contribution in [2.75, 3.05) is 21.3 Å². The number of nitrogens with zero attached hydrogens (tertiary/aromatic N) is 3. The Balaban J connectivity index is 1.54. The van der Waals surface area contributed by atoms with Crippen molar-refractivity contribution in [3.63, 3.8) is 0 Å². The van der Waals surface area contributed by atoms with Crippen LogP contribution in [0.15, 0.2) is 46.0 Å². The molecule has 0 unspecified atom stereocenters. The maximum absolute atomic E-state index is 5.80. The van der Waals surface area contributed by atoms with Gasteiger partial charge in [-0.3, -0.25) is 0 Å². The molecule has 4 aromatic rings. The Morgan fingerprint density at radius 1 is 1.00 bits per heavy atom. The van der Waals surface area contributed by atoms with Crippen molar-refractivity contribution in [3.8, 4) is 28.7 Å². The van der Waals surface area contributed by atoms with E-state index in [-0.39, 0.29) is 0 Å². The molecule has 9 heteroatoms. The molecule has 0 aliphatic rings. The summed E-state index contributed by atoms with van der Waals surface area (Å²) in [5, 5.41) is 9.75. The van der Waals surface area contributed by atoms with Crippen LogP contribution in [-0.4, -0.2) is 36.5 Å². The van der Waals surface area contributed by atoms with Crippen LogP contribution in [0.3, 0.4) is 0 Å². The molecule has 0 atom stereocenters. The molecule has 0 fully saturated rings. The van der Waals surface area contributed by atoms with Gasteiger partial charge >= 0.3 is 0 Å². The highest BCUT2D eigenvalue weighted by Gasteiger charge is 2.18. The fourth-order valence-electron chi connectivity index (χ4n) is 2.69. The molecule has 0 aliphatic carbocycles. The first-order chi connectivity index (χ1) is 13.7. The van der Waals surface area contributed by atoms with E-state index in [4.69, 9.17) is 18.6 Å². The number of aromatic nitrogens is 3. The van der Waals surface area contributed by atoms with Crippen LogP contribution < -0.4 is 14.2 Å². The van der Waals surface area contributed by atoms with Gasteiger partial charge in [0, 0.05) is 5.56 Å². The third-order valence-corrected chi connectivity index (χ3v) is 6.02. The third-order valence-electron chi connectivity index (χ3n) is 3.98. The molecule has 7 nitrogen and oxygen atoms in total. The molecule has 0 spiro atoms. The minimum Gasteiger partial charge on any atom is -0.493 e. The van der Waals surface area contributed by atoms with Crippen LogP contribution in [0.1, 0.15) is 5.01 Å². The molecule has 144 valence electrons. The van der Waals surface area contributed by atoms with E-state index in [1.165, 1.54) is 16.5 Å². The van der Waals surface area contributed by atoms with E-state index in [0.717, 1.165) is 10.5 Å². The molecule has 2 aromatic heterocycles. The molecule has 0 amide bonds. The van der Waals surface area contributed by atoms with Crippen molar-refractivity contribution < 1.29 is 18.6 Å². The summed E-state index contributed by atoms with van der Waals surface area (Å²) >= 11 is 3.12. The molecule has 2 heterocycles. The number of benzene rings is 2. The van der Waals surface area contributed by atoms with E-state index >= 15 is 0 Å². The van der Waals surface area contributed by atoms with Crippen molar-refractivity contribution in [2.24, 2.45) is 0 Å². The minimum atomic E-state index is 0.381. The molecule has 0 saturated heterocycles. The number of fused-ring (bicyclic) bond motifs is 1. The lowest BCUT2D eigenvalue weighted by Gasteiger charge is -2.12. The minimum absolute atomic E-state index is 0.381. The van der Waals surface area contributed by atoms with Gasteiger partial charge in [-0.25, -0.2) is 4.98 Å². The molecule has 0 bridgehead atoms. The highest BCUT2D eigenvalue weighted by molar-refractivity contribution is 7.98. The number of hydrogen-bond donors (Lipinski definition) is 0. The van der Waals surface area contributed by atoms with E-state index < -0.39 is 0 Å². The standard InChI is InChI=1S/C19H17N3O4S2/c1-23-13-8-11(9-14(24-2)17(13)25-3)18-21-22-19(26-18)27-10-16-20-12-6-4-5-7-15(12)28-16/h4-9H,10H2,1-3H3. The number of rotatable bonds is 7. The number of hydrogen-bond acceptors (Lipinski definition) is 9. The topological polar surface area (TPSA) is 79.5 Å². The average Bonchev–Trinajstić information content (AvgIpc) is 3.37. The number of thioether (sulfide) groups is 1. The summed E-state index contributed by atoms with van der Waals surface area (Å²) in [6.45, 7) is 0. The van der Waals surface area contributed by atoms with Crippen LogP contribution in [0.25, 0.3) is 21.7 Å². The largest absolute Gasteiger partial charge is 0.493 e. The van der Waals surface area contributed by atoms with Gasteiger partial charge in [0.15, 0.2) is 11.5 Å². The molecule has 2 aromatic carbocycles. The Hall–Kier alpha value is -2.78. The van der Waals surface area contributed by atoms with Crippen molar-refractivity contribution in [1.82, 2.24) is 15.2 Å². The Morgan fingerprint density at radius 3 is 2.43 bits per heavy atom. The number of thiazole rings is 1. The SMILES string of the molecule is COc1cc(-c2nnc(SCc3nc4ccccc4s3)o2)cc(OC)c1OC. The summed E-state index contributed by atoms with van der Waals surface area (Å²) in [6, 6.07) is 11.6. The molecule has 4 rings (SSSR count). The van der Waals surface area contributed by atoms with Gasteiger partial charge in [-0.05, 0) is 24.3 Å². The smallest absolute Gasteiger partial charge is 0.277 e. The Labute approximate surface area is 169 Å². The van der Waals surface area contributed by atoms with Gasteiger partial charge in [0.1, 0.15) is 5.01 Å². The third kappa shape index (κ3) is 3.63. The lowest BCUT2D eigenvalue weighted by Crippen LogP contribution is -1.95. The predicted molar refractivity (Wildman–Crippen MR) is 109 cm³/mol. The maximum atomic E-state index is 5.80. The van der Waals surface area contributed by atoms with Gasteiger partial charge in [0.05, 0.1) is 37.3 Å². The first-order valence-corrected chi connectivity index (χ1v) is 10.1. The lowest BCUT2D eigenvalue weighted by molar-refractivity contribution is 0.324. The van der Waals surface area contributed by atoms with Crippen LogP contribution >= 0.6 is 23.1 Å². The zero-order valence-electron chi connectivity index (χ0n) is 15.5. The predicted octanol–water partition coefficient (Wildman–Crippen LogP) is 4.66. The summed E-state index contributed by atoms with van der Waals surface area (Å²) in [6.07, 6.45) is 0. The second kappa shape index (κ2) is 8.07. The van der Waals surface area contributed by atoms with Crippen molar-refractivity contribution in [1.29, 1.82) is 0 Å². The Morgan fingerprint density at radius 2 is 1.75 bits per heavy atom. The normalized spacial score (nSPS) is 11.0. The molecular weight excluding hydrogens is 398 g/mol. The van der Waals surface area contributed by atoms with E-state index in [1.807, 2.05) is 18.2 Å². The van der Waals surface area contributed by atoms with Gasteiger partial charge in [0.2, 0.25) is 11.6 Å². The summed E-state index contributed by atoms with van der Waals surface area (Å²) in [5.74, 6) is 2.61. The Kier molecular flexibility index (Phi) is 5.36. The summed E-state index contributed by atoms with van der Waals surface area (Å²) < 4.78 is 23.1. The van der Waals surface area contributed by atoms with Gasteiger partial charge in [0.25, 0.3) is 5.22 Å². The fourth-order valence-corrected chi connectivity index (χ4v) is 4.42. The van der Waals surface area contributed by atoms with Gasteiger partial charge in [-0.1, -0.05) is 23.9 Å². The van der Waals surface area contributed by atoms with Crippen molar-refractivity contribution >= 4 is 33.3 Å². The molecule has 0 saturated carbocycles. The molecular formula is C19H17N3O4S2. The van der Waals surface area contributed by atoms with Crippen LogP contribution in [-0.2, 0) is 5.75 Å². The molecule has 0 radical (unpaired) electrons. The summed E-state index contributed by atoms with van der Waals surface area (Å²) in [4.78, 5) is 4.62. The molecule has 0 N–H and O–H groups in total. The Bertz CT molecular complexity index is 1050. The van der Waals surface area contributed by atoms with Gasteiger partial charge in [-0.2, -0.15) is 0 Å². The lowest BCUT2D eigenvalue weighted by atomic mass is 10.2. The van der Waals surface area contributed by atoms with Crippen molar-refractivity contribution in [3.05, 3.63) is 41.4 Å². The first-order valence-electron chi connectivity index (χ1n) is 8.33. The number of para-hydroxylation sites is 1. The second-order valence-electron chi connectivity index (χ2n) is 5.65. The van der Waals surface area contributed by atoms with Gasteiger partial charge in [-0.15, -0.1) is 21.5 Å². The average molecular weight is 415 g/mol. The monoisotopic (exact) mass is 415 g/mol. The molecule has 0 aliphatic heterocycles. The second-order valence-corrected chi connectivity index (χ2v) is 7.69. The van der Waals surface area contributed by atoms with E-state index in [2.05, 4.69) is 21.2 Å². The van der Waals surface area contributed by atoms with Crippen LogP contribution in [0.5, 0.6) is 17.2 Å². The van der Waals surface area contributed by atoms with Crippen LogP contribution in [0, 0.1) is 0 Å². The van der Waals surface area contributed by atoms with E-state index in [1.54, 1.807) is 44.8 Å². The highest BCUT2D eigenvalue weighted by atomic mass is 32.2. The quantitative estimate of drug-likeness (QED) is 0.403. The van der Waals surface area contributed by atoms with Crippen LogP contribution in [0.2, 0.25) is 0 Å². The van der Waals surface area contributed by atoms with E-state index in [0.29, 0.717) is 39.7 Å². The van der Waals surface area contributed by atoms with Gasteiger partial charge < -0.3 is 18.6 Å². The van der Waals surface area contributed by atoms with Crippen LogP contribution in [0.4, 0.5) is 0 Å². The maximum Gasteiger partial charge on any atom is 0.277 e.